The van der Waals surface area contributed by atoms with Gasteiger partial charge in [0, 0.05) is 56.0 Å². The van der Waals surface area contributed by atoms with E-state index in [1.807, 2.05) is 30.3 Å². The van der Waals surface area contributed by atoms with Gasteiger partial charge in [0.05, 0.1) is 22.1 Å². The Morgan fingerprint density at radius 3 is 2.18 bits per heavy atom. The van der Waals surface area contributed by atoms with Crippen molar-refractivity contribution < 1.29 is 4.42 Å². The first kappa shape index (κ1) is 33.9. The molecule has 0 amide bonds. The number of furan rings is 1. The van der Waals surface area contributed by atoms with Crippen molar-refractivity contribution in [3.8, 4) is 5.69 Å². The number of aromatic nitrogens is 2. The van der Waals surface area contributed by atoms with Crippen LogP contribution in [0.1, 0.15) is 33.9 Å². The number of nitrogens with zero attached hydrogens (tertiary/aromatic N) is 2. The van der Waals surface area contributed by atoms with E-state index in [0.29, 0.717) is 5.56 Å². The van der Waals surface area contributed by atoms with Gasteiger partial charge >= 0.3 is 0 Å². The first-order valence-electron chi connectivity index (χ1n) is 20.9. The first-order chi connectivity index (χ1) is 30.1. The molecule has 286 valence electrons. The van der Waals surface area contributed by atoms with Crippen molar-refractivity contribution >= 4 is 105 Å². The molecule has 1 aliphatic rings. The molecular formula is C56H36N4O. The third kappa shape index (κ3) is 5.27. The van der Waals surface area contributed by atoms with Crippen molar-refractivity contribution in [2.24, 2.45) is 4.99 Å². The van der Waals surface area contributed by atoms with E-state index in [0.717, 1.165) is 56.0 Å². The highest BCUT2D eigenvalue weighted by atomic mass is 16.3. The lowest BCUT2D eigenvalue weighted by atomic mass is 9.85. The average Bonchev–Trinajstić information content (AvgIpc) is 3.97. The van der Waals surface area contributed by atoms with Crippen LogP contribution in [0, 0.1) is 5.41 Å². The fraction of sp³-hybridized carbons (Fsp3) is 0.0357. The van der Waals surface area contributed by atoms with Crippen LogP contribution in [0.5, 0.6) is 0 Å². The second-order valence-electron chi connectivity index (χ2n) is 16.4. The second-order valence-corrected chi connectivity index (χ2v) is 16.4. The number of H-pyrrole nitrogens is 1. The van der Waals surface area contributed by atoms with Crippen molar-refractivity contribution in [1.82, 2.24) is 9.55 Å². The molecule has 12 aromatic rings. The van der Waals surface area contributed by atoms with Crippen LogP contribution in [0.15, 0.2) is 185 Å². The Hall–Kier alpha value is -8.02. The van der Waals surface area contributed by atoms with Crippen molar-refractivity contribution in [2.45, 2.75) is 12.3 Å². The van der Waals surface area contributed by atoms with Gasteiger partial charge in [-0.3, -0.25) is 5.41 Å². The number of amidine groups is 1. The molecule has 13 rings (SSSR count). The predicted octanol–water partition coefficient (Wildman–Crippen LogP) is 14.4. The lowest BCUT2D eigenvalue weighted by Crippen LogP contribution is -2.06. The van der Waals surface area contributed by atoms with Gasteiger partial charge in [0.1, 0.15) is 11.2 Å². The molecule has 0 bridgehead atoms. The summed E-state index contributed by atoms with van der Waals surface area (Å²) in [6, 6.07) is 60.3. The predicted molar refractivity (Wildman–Crippen MR) is 255 cm³/mol. The zero-order valence-electron chi connectivity index (χ0n) is 33.0. The van der Waals surface area contributed by atoms with Gasteiger partial charge in [0.15, 0.2) is 5.84 Å². The maximum Gasteiger partial charge on any atom is 0.151 e. The Morgan fingerprint density at radius 2 is 1.31 bits per heavy atom. The molecular weight excluding hydrogens is 745 g/mol. The van der Waals surface area contributed by atoms with Crippen LogP contribution in [0.25, 0.3) is 98.7 Å². The summed E-state index contributed by atoms with van der Waals surface area (Å²) in [5, 5.41) is 22.2. The molecule has 0 saturated carbocycles. The second kappa shape index (κ2) is 13.0. The summed E-state index contributed by atoms with van der Waals surface area (Å²) in [5.74, 6) is 0.368. The number of para-hydroxylation sites is 2. The van der Waals surface area contributed by atoms with E-state index in [1.165, 1.54) is 65.4 Å². The monoisotopic (exact) mass is 780 g/mol. The number of hydrogen-bond donors (Lipinski definition) is 2. The van der Waals surface area contributed by atoms with Crippen LogP contribution in [-0.2, 0) is 6.42 Å². The van der Waals surface area contributed by atoms with Gasteiger partial charge in [0.2, 0.25) is 0 Å². The molecule has 0 radical (unpaired) electrons. The molecule has 1 aliphatic carbocycles. The Bertz CT molecular complexity index is 3890. The molecule has 5 nitrogen and oxygen atoms in total. The van der Waals surface area contributed by atoms with Gasteiger partial charge in [-0.15, -0.1) is 0 Å². The first-order valence-corrected chi connectivity index (χ1v) is 20.9. The average molecular weight is 781 g/mol. The standard InChI is InChI=1S/C56H36N4O/c57-56(58-32-33-20-21-34-10-1-2-11-35(34)24-33)40-29-52(55-44-16-6-8-19-53(44)61-54(55)30-40)60-50-28-37-13-4-3-12-36(37)25-46(50)47-26-38-14-9-17-41(45(38)31-51(47)60)39-22-23-43-42-15-5-7-18-48(42)59-49(43)27-39/h1-26,28-32,39,57,59H,27H2. The van der Waals surface area contributed by atoms with E-state index in [9.17, 15) is 5.41 Å². The van der Waals surface area contributed by atoms with Crippen molar-refractivity contribution in [1.29, 1.82) is 5.41 Å². The van der Waals surface area contributed by atoms with E-state index in [2.05, 4.69) is 161 Å². The maximum absolute atomic E-state index is 9.39. The summed E-state index contributed by atoms with van der Waals surface area (Å²) in [5.41, 5.74) is 11.4. The van der Waals surface area contributed by atoms with E-state index in [4.69, 9.17) is 9.41 Å². The summed E-state index contributed by atoms with van der Waals surface area (Å²) < 4.78 is 9.04. The smallest absolute Gasteiger partial charge is 0.151 e. The minimum absolute atomic E-state index is 0.163. The topological polar surface area (TPSA) is 70.1 Å². The molecule has 3 aromatic heterocycles. The summed E-state index contributed by atoms with van der Waals surface area (Å²) in [6.45, 7) is 0. The Labute approximate surface area is 350 Å². The summed E-state index contributed by atoms with van der Waals surface area (Å²) in [6.07, 6.45) is 7.39. The fourth-order valence-electron chi connectivity index (χ4n) is 10.0. The molecule has 1 unspecified atom stereocenters. The molecule has 0 saturated heterocycles. The van der Waals surface area contributed by atoms with Crippen molar-refractivity contribution in [3.05, 3.63) is 204 Å². The number of rotatable bonds is 4. The third-order valence-electron chi connectivity index (χ3n) is 12.9. The van der Waals surface area contributed by atoms with Crippen LogP contribution in [0.2, 0.25) is 0 Å². The maximum atomic E-state index is 9.39. The minimum atomic E-state index is 0.163. The third-order valence-corrected chi connectivity index (χ3v) is 12.9. The van der Waals surface area contributed by atoms with Crippen LogP contribution in [0.3, 0.4) is 0 Å². The Morgan fingerprint density at radius 1 is 0.607 bits per heavy atom. The molecule has 3 heterocycles. The molecule has 2 N–H and O–H groups in total. The SMILES string of the molecule is N=C(N=Cc1ccc2ccccc2c1)c1cc(-n2c3cc4ccccc4cc3c3cc4cccc(C5C=Cc6c([nH]c7ccccc67)C5)c4cc32)c2c(c1)oc1ccccc12. The number of benzene rings is 9. The molecule has 0 spiro atoms. The molecule has 0 fully saturated rings. The van der Waals surface area contributed by atoms with Gasteiger partial charge in [0.25, 0.3) is 0 Å². The number of aliphatic imine (C=N–C) groups is 1. The highest BCUT2D eigenvalue weighted by molar-refractivity contribution is 6.20. The normalized spacial score (nSPS) is 14.3. The quantitative estimate of drug-likeness (QED) is 0.135. The minimum Gasteiger partial charge on any atom is -0.456 e. The van der Waals surface area contributed by atoms with Crippen molar-refractivity contribution in [3.63, 3.8) is 0 Å². The van der Waals surface area contributed by atoms with E-state index in [1.54, 1.807) is 6.21 Å². The van der Waals surface area contributed by atoms with Crippen LogP contribution < -0.4 is 0 Å². The van der Waals surface area contributed by atoms with Gasteiger partial charge in [-0.05, 0) is 104 Å². The molecule has 0 aliphatic heterocycles. The van der Waals surface area contributed by atoms with Gasteiger partial charge in [-0.25, -0.2) is 4.99 Å². The highest BCUT2D eigenvalue weighted by Gasteiger charge is 2.24. The largest absolute Gasteiger partial charge is 0.456 e. The number of aromatic amines is 1. The Kier molecular flexibility index (Phi) is 7.22. The number of allylic oxidation sites excluding steroid dienone is 1. The molecule has 9 aromatic carbocycles. The van der Waals surface area contributed by atoms with Crippen LogP contribution in [0.4, 0.5) is 0 Å². The number of hydrogen-bond acceptors (Lipinski definition) is 2. The van der Waals surface area contributed by atoms with Crippen molar-refractivity contribution in [2.75, 3.05) is 0 Å². The molecule has 1 atom stereocenters. The lowest BCUT2D eigenvalue weighted by molar-refractivity contribution is 0.668. The summed E-state index contributed by atoms with van der Waals surface area (Å²) >= 11 is 0. The summed E-state index contributed by atoms with van der Waals surface area (Å²) in [4.78, 5) is 8.49. The fourth-order valence-corrected chi connectivity index (χ4v) is 10.0. The molecule has 5 heteroatoms. The van der Waals surface area contributed by atoms with Crippen LogP contribution in [-0.4, -0.2) is 21.6 Å². The number of nitrogens with one attached hydrogen (secondary N) is 2. The zero-order chi connectivity index (χ0) is 40.2. The Balaban J connectivity index is 1.05. The summed E-state index contributed by atoms with van der Waals surface area (Å²) in [7, 11) is 0. The van der Waals surface area contributed by atoms with E-state index in [-0.39, 0.29) is 11.8 Å². The van der Waals surface area contributed by atoms with Gasteiger partial charge < -0.3 is 14.0 Å². The van der Waals surface area contributed by atoms with E-state index < -0.39 is 0 Å². The number of fused-ring (bicyclic) bond motifs is 12. The highest BCUT2D eigenvalue weighted by Crippen LogP contribution is 2.44. The van der Waals surface area contributed by atoms with E-state index >= 15 is 0 Å². The zero-order valence-corrected chi connectivity index (χ0v) is 33.0. The lowest BCUT2D eigenvalue weighted by Gasteiger charge is -2.20. The van der Waals surface area contributed by atoms with Crippen LogP contribution >= 0.6 is 0 Å². The van der Waals surface area contributed by atoms with Gasteiger partial charge in [-0.1, -0.05) is 127 Å². The molecule has 61 heavy (non-hydrogen) atoms. The van der Waals surface area contributed by atoms with Gasteiger partial charge in [-0.2, -0.15) is 0 Å².